The molecule has 15 heteroatoms. The van der Waals surface area contributed by atoms with Gasteiger partial charge in [-0.05, 0) is 238 Å². The number of aromatic nitrogens is 8. The van der Waals surface area contributed by atoms with E-state index in [0.29, 0.717) is 5.56 Å². The summed E-state index contributed by atoms with van der Waals surface area (Å²) in [7, 11) is -9.79. The van der Waals surface area contributed by atoms with E-state index in [1.165, 1.54) is 11.1 Å². The van der Waals surface area contributed by atoms with Crippen molar-refractivity contribution in [2.24, 2.45) is 0 Å². The number of hydrogen-bond donors (Lipinski definition) is 0. The summed E-state index contributed by atoms with van der Waals surface area (Å²) in [4.78, 5) is 24.0. The van der Waals surface area contributed by atoms with Gasteiger partial charge in [-0.2, -0.15) is 5.26 Å². The Morgan fingerprint density at radius 3 is 0.891 bits per heavy atom. The molecule has 8 heterocycles. The summed E-state index contributed by atoms with van der Waals surface area (Å²) >= 11 is 0. The number of benzene rings is 20. The van der Waals surface area contributed by atoms with Crippen molar-refractivity contribution < 1.29 is 13.7 Å². The van der Waals surface area contributed by atoms with Gasteiger partial charge in [-0.1, -0.05) is 315 Å². The van der Waals surface area contributed by atoms with Gasteiger partial charge in [0.1, 0.15) is 17.5 Å². The molecule has 0 radical (unpaired) electrons. The first-order valence-corrected chi connectivity index (χ1v) is 51.4. The fourth-order valence-electron chi connectivity index (χ4n) is 22.6. The van der Waals surface area contributed by atoms with Gasteiger partial charge in [0, 0.05) is 82.8 Å². The number of fused-ring (bicyclic) bond motifs is 13. The molecular formula is C123H80N9O3P3. The monoisotopic (exact) mass is 1820 g/mol. The predicted octanol–water partition coefficient (Wildman–Crippen LogP) is 26.6. The summed E-state index contributed by atoms with van der Waals surface area (Å²) in [5, 5.41) is 31.7. The van der Waals surface area contributed by atoms with E-state index in [0.717, 1.165) is 247 Å². The molecule has 650 valence electrons. The lowest BCUT2D eigenvalue weighted by atomic mass is 9.85. The standard InChI is InChI=1S/C43H28N3OP.C41H26N3OP.C39H26N3OP/c1-27-45-36-21-10-22-38-43(36)46(27)37-24-23-29(26-39(37)48(38,47)30-14-3-2-4-15-30)40-31-16-5-7-18-33(31)41(34-19-8-6-17-32(34)40)35-20-9-12-28-13-11-25-44-42(28)35;1-26-43-35-16-9-17-37-41(35)44(26)36-23-22-29(24-38(36)46(37,45)30-10-3-2-4-11-30)40-33-14-7-5-12-31(33)39(32-13-6-8-15-34(32)40)28-20-18-27(25-42)19-21-28;1-25-41-33-18-9-19-35-39(33)42(25)34-21-20-26(23-36(34)44(35,43)28-12-3-2-4-13-28)37-29-14-5-7-16-31(29)38(27-11-10-22-40-24-27)32-17-8-6-15-30(32)37/h2-26H,1H3;2-24H,1H3;2-24H,1H3. The molecule has 12 nitrogen and oxygen atoms in total. The van der Waals surface area contributed by atoms with E-state index >= 15 is 13.7 Å². The first-order chi connectivity index (χ1) is 67.8. The molecule has 0 spiro atoms. The number of nitrogens with zero attached hydrogens (tertiary/aromatic N) is 9. The molecule has 0 N–H and O–H groups in total. The second-order valence-corrected chi connectivity index (χ2v) is 43.8. The second kappa shape index (κ2) is 31.9. The molecule has 0 saturated carbocycles. The van der Waals surface area contributed by atoms with Gasteiger partial charge in [-0.3, -0.25) is 23.7 Å². The van der Waals surface area contributed by atoms with Crippen LogP contribution in [0, 0.1) is 32.1 Å². The zero-order valence-corrected chi connectivity index (χ0v) is 77.8. The van der Waals surface area contributed by atoms with Gasteiger partial charge in [-0.25, -0.2) is 15.0 Å². The summed E-state index contributed by atoms with van der Waals surface area (Å²) in [6, 6.07) is 144. The molecule has 3 aliphatic heterocycles. The van der Waals surface area contributed by atoms with E-state index in [1.807, 2.05) is 221 Å². The van der Waals surface area contributed by atoms with Crippen molar-refractivity contribution >= 4 is 178 Å². The molecule has 3 aliphatic rings. The molecule has 3 atom stereocenters. The molecule has 25 aromatic rings. The van der Waals surface area contributed by atoms with Gasteiger partial charge < -0.3 is 13.7 Å². The summed E-state index contributed by atoms with van der Waals surface area (Å²) in [6.45, 7) is 6.07. The predicted molar refractivity (Wildman–Crippen MR) is 572 cm³/mol. The number of para-hydroxylation sites is 4. The maximum absolute atomic E-state index is 15.9. The molecule has 0 amide bonds. The van der Waals surface area contributed by atoms with E-state index < -0.39 is 21.4 Å². The highest BCUT2D eigenvalue weighted by Gasteiger charge is 2.44. The molecule has 3 unspecified atom stereocenters. The Bertz CT molecular complexity index is 9530. The highest BCUT2D eigenvalue weighted by Crippen LogP contribution is 2.57. The normalized spacial score (nSPS) is 15.4. The number of pyridine rings is 2. The van der Waals surface area contributed by atoms with Crippen molar-refractivity contribution in [1.29, 1.82) is 5.26 Å². The molecule has 0 fully saturated rings. The lowest BCUT2D eigenvalue weighted by Crippen LogP contribution is -2.33. The Morgan fingerprint density at radius 1 is 0.261 bits per heavy atom. The lowest BCUT2D eigenvalue weighted by Gasteiger charge is -2.29. The largest absolute Gasteiger partial charge is 0.308 e. The maximum atomic E-state index is 15.9. The lowest BCUT2D eigenvalue weighted by molar-refractivity contribution is 0.591. The van der Waals surface area contributed by atoms with Crippen LogP contribution in [0.3, 0.4) is 0 Å². The van der Waals surface area contributed by atoms with Crippen LogP contribution >= 0.6 is 21.4 Å². The minimum atomic E-state index is -3.27. The zero-order chi connectivity index (χ0) is 92.4. The number of hydrogen-bond acceptors (Lipinski definition) is 9. The highest BCUT2D eigenvalue weighted by atomic mass is 31.2. The van der Waals surface area contributed by atoms with Crippen LogP contribution in [0.2, 0.25) is 0 Å². The van der Waals surface area contributed by atoms with E-state index in [-0.39, 0.29) is 0 Å². The van der Waals surface area contributed by atoms with Crippen LogP contribution in [0.5, 0.6) is 0 Å². The third-order valence-electron chi connectivity index (χ3n) is 28.3. The minimum absolute atomic E-state index is 0.637. The number of imidazole rings is 3. The molecule has 0 saturated heterocycles. The SMILES string of the molecule is Cc1nc2cccc3c2n1-c1ccc(-c2c4ccccc4c(-c4ccc(C#N)cc4)c4ccccc24)cc1P3(=O)c1ccccc1.Cc1nc2cccc3c2n1-c1ccc(-c2c4ccccc4c(-c4cccc5cccnc45)c4ccccc24)cc1P3(=O)c1ccccc1.Cc1nc2cccc3c2n1-c1ccc(-c2c4ccccc4c(-c4cccnc4)c4ccccc24)cc1P3(=O)c1ccccc1. The Morgan fingerprint density at radius 2 is 0.558 bits per heavy atom. The van der Waals surface area contributed by atoms with Gasteiger partial charge in [-0.15, -0.1) is 0 Å². The smallest absolute Gasteiger partial charge is 0.175 e. The first kappa shape index (κ1) is 81.8. The maximum Gasteiger partial charge on any atom is 0.175 e. The van der Waals surface area contributed by atoms with Crippen molar-refractivity contribution in [3.05, 3.63) is 454 Å². The van der Waals surface area contributed by atoms with Crippen LogP contribution in [0.15, 0.2) is 431 Å². The summed E-state index contributed by atoms with van der Waals surface area (Å²) in [6.07, 6.45) is 5.62. The van der Waals surface area contributed by atoms with Gasteiger partial charge in [0.05, 0.1) is 67.3 Å². The number of nitriles is 1. The average molecular weight is 1820 g/mol. The number of rotatable bonds is 9. The van der Waals surface area contributed by atoms with Crippen LogP contribution in [-0.4, -0.2) is 38.6 Å². The molecule has 5 aromatic heterocycles. The van der Waals surface area contributed by atoms with E-state index in [9.17, 15) is 5.26 Å². The minimum Gasteiger partial charge on any atom is -0.308 e. The molecule has 20 aromatic carbocycles. The molecule has 0 bridgehead atoms. The number of aryl methyl sites for hydroxylation is 3. The van der Waals surface area contributed by atoms with Crippen molar-refractivity contribution in [3.63, 3.8) is 0 Å². The van der Waals surface area contributed by atoms with Crippen LogP contribution < -0.4 is 47.7 Å². The van der Waals surface area contributed by atoms with Crippen LogP contribution in [0.4, 0.5) is 0 Å². The quantitative estimate of drug-likeness (QED) is 0.101. The summed E-state index contributed by atoms with van der Waals surface area (Å²) < 4.78 is 54.0. The first-order valence-electron chi connectivity index (χ1n) is 46.3. The Kier molecular flexibility index (Phi) is 18.9. The van der Waals surface area contributed by atoms with Crippen LogP contribution in [0.1, 0.15) is 23.0 Å². The van der Waals surface area contributed by atoms with Gasteiger partial charge >= 0.3 is 0 Å². The van der Waals surface area contributed by atoms with Crippen molar-refractivity contribution in [1.82, 2.24) is 38.6 Å². The van der Waals surface area contributed by atoms with Crippen LogP contribution in [-0.2, 0) is 13.7 Å². The fourth-order valence-corrected chi connectivity index (χ4v) is 31.7. The van der Waals surface area contributed by atoms with Crippen molar-refractivity contribution in [3.8, 4) is 89.9 Å². The molecule has 28 rings (SSSR count). The van der Waals surface area contributed by atoms with Gasteiger partial charge in [0.15, 0.2) is 21.4 Å². The van der Waals surface area contributed by atoms with E-state index in [1.54, 1.807) is 0 Å². The molecule has 0 aliphatic carbocycles. The fraction of sp³-hybridized carbons (Fsp3) is 0.0244. The molecular weight excluding hydrogens is 1740 g/mol. The van der Waals surface area contributed by atoms with E-state index in [2.05, 4.69) is 255 Å². The zero-order valence-electron chi connectivity index (χ0n) is 75.1. The Hall–Kier alpha value is -16.9. The third kappa shape index (κ3) is 12.2. The van der Waals surface area contributed by atoms with E-state index in [4.69, 9.17) is 19.9 Å². The van der Waals surface area contributed by atoms with Crippen molar-refractivity contribution in [2.75, 3.05) is 0 Å². The molecule has 138 heavy (non-hydrogen) atoms. The van der Waals surface area contributed by atoms with Gasteiger partial charge in [0.25, 0.3) is 0 Å². The average Bonchev–Trinajstić information content (AvgIpc) is 1.32. The van der Waals surface area contributed by atoms with Crippen LogP contribution in [0.25, 0.3) is 192 Å². The topological polar surface area (TPSA) is 154 Å². The third-order valence-corrected chi connectivity index (χ3v) is 37.6. The summed E-state index contributed by atoms with van der Waals surface area (Å²) in [5.41, 5.74) is 23.0. The summed E-state index contributed by atoms with van der Waals surface area (Å²) in [5.74, 6) is 2.64. The van der Waals surface area contributed by atoms with Gasteiger partial charge in [0.2, 0.25) is 0 Å². The van der Waals surface area contributed by atoms with Crippen molar-refractivity contribution in [2.45, 2.75) is 20.8 Å². The highest BCUT2D eigenvalue weighted by molar-refractivity contribution is 7.87. The second-order valence-electron chi connectivity index (χ2n) is 35.7. The Labute approximate surface area is 794 Å². The Balaban J connectivity index is 0.000000107.